The van der Waals surface area contributed by atoms with Gasteiger partial charge in [-0.1, -0.05) is 0 Å². The lowest BCUT2D eigenvalue weighted by molar-refractivity contribution is 0.643. The average Bonchev–Trinajstić information content (AvgIpc) is 3.42. The lowest BCUT2D eigenvalue weighted by Gasteiger charge is -2.36. The molecule has 0 atom stereocenters. The van der Waals surface area contributed by atoms with Gasteiger partial charge in [0.1, 0.15) is 34.0 Å². The molecule has 2 aliphatic carbocycles. The molecule has 0 radical (unpaired) electrons. The standard InChI is InChI=1S/C24H26N6S2/c1-3-7-17-15(5-1)19-21(25-13-27-23(19)31-17)29-9-11-30(12-10-29)22-20-16-6-2-4-8-18(16)32-24(20)28-14-26-22/h13-14H,1-12H2. The summed E-state index contributed by atoms with van der Waals surface area (Å²) in [5.41, 5.74) is 3.05. The van der Waals surface area contributed by atoms with Gasteiger partial charge in [0.25, 0.3) is 0 Å². The van der Waals surface area contributed by atoms with Gasteiger partial charge in [0.15, 0.2) is 0 Å². The van der Waals surface area contributed by atoms with E-state index in [0.717, 1.165) is 37.8 Å². The van der Waals surface area contributed by atoms with Gasteiger partial charge in [-0.3, -0.25) is 0 Å². The smallest absolute Gasteiger partial charge is 0.141 e. The minimum absolute atomic E-state index is 0.967. The second-order valence-electron chi connectivity index (χ2n) is 9.15. The third kappa shape index (κ3) is 2.95. The normalized spacial score (nSPS) is 18.9. The molecule has 3 aliphatic rings. The van der Waals surface area contributed by atoms with Gasteiger partial charge in [0, 0.05) is 35.9 Å². The molecule has 6 nitrogen and oxygen atoms in total. The Bertz CT molecular complexity index is 1220. The number of rotatable bonds is 2. The lowest BCUT2D eigenvalue weighted by Crippen LogP contribution is -2.47. The fourth-order valence-corrected chi connectivity index (χ4v) is 8.20. The maximum atomic E-state index is 4.79. The molecule has 1 aliphatic heterocycles. The number of hydrogen-bond donors (Lipinski definition) is 0. The molecule has 0 amide bonds. The van der Waals surface area contributed by atoms with Crippen LogP contribution < -0.4 is 9.80 Å². The first-order valence-electron chi connectivity index (χ1n) is 11.9. The molecule has 0 bridgehead atoms. The molecule has 4 aromatic heterocycles. The molecule has 7 rings (SSSR count). The second-order valence-corrected chi connectivity index (χ2v) is 11.3. The number of aromatic nitrogens is 4. The van der Waals surface area contributed by atoms with Crippen molar-refractivity contribution in [3.05, 3.63) is 33.5 Å². The van der Waals surface area contributed by atoms with Gasteiger partial charge in [0.2, 0.25) is 0 Å². The lowest BCUT2D eigenvalue weighted by atomic mass is 9.96. The molecule has 1 saturated heterocycles. The van der Waals surface area contributed by atoms with Crippen LogP contribution in [-0.2, 0) is 25.7 Å². The topological polar surface area (TPSA) is 58.0 Å². The van der Waals surface area contributed by atoms with Gasteiger partial charge in [-0.15, -0.1) is 22.7 Å². The van der Waals surface area contributed by atoms with Crippen LogP contribution in [0.5, 0.6) is 0 Å². The Kier molecular flexibility index (Phi) is 4.57. The van der Waals surface area contributed by atoms with Crippen LogP contribution in [0.4, 0.5) is 11.6 Å². The summed E-state index contributed by atoms with van der Waals surface area (Å²) in [6.07, 6.45) is 13.5. The Labute approximate surface area is 195 Å². The van der Waals surface area contributed by atoms with E-state index >= 15 is 0 Å². The van der Waals surface area contributed by atoms with E-state index in [-0.39, 0.29) is 0 Å². The molecular weight excluding hydrogens is 436 g/mol. The van der Waals surface area contributed by atoms with Crippen molar-refractivity contribution in [1.82, 2.24) is 19.9 Å². The van der Waals surface area contributed by atoms with Crippen molar-refractivity contribution in [3.63, 3.8) is 0 Å². The van der Waals surface area contributed by atoms with E-state index in [9.17, 15) is 0 Å². The highest BCUT2D eigenvalue weighted by Gasteiger charge is 2.28. The highest BCUT2D eigenvalue weighted by atomic mass is 32.1. The monoisotopic (exact) mass is 462 g/mol. The first kappa shape index (κ1) is 19.2. The molecule has 0 unspecified atom stereocenters. The number of piperazine rings is 1. The summed E-state index contributed by atoms with van der Waals surface area (Å²) < 4.78 is 0. The van der Waals surface area contributed by atoms with Crippen LogP contribution in [0.3, 0.4) is 0 Å². The summed E-state index contributed by atoms with van der Waals surface area (Å²) in [6, 6.07) is 0. The maximum Gasteiger partial charge on any atom is 0.141 e. The number of thiophene rings is 2. The molecule has 0 aromatic carbocycles. The molecule has 32 heavy (non-hydrogen) atoms. The number of nitrogens with zero attached hydrogens (tertiary/aromatic N) is 6. The Morgan fingerprint density at radius 3 is 1.47 bits per heavy atom. The van der Waals surface area contributed by atoms with Crippen molar-refractivity contribution in [1.29, 1.82) is 0 Å². The Morgan fingerprint density at radius 2 is 1.00 bits per heavy atom. The van der Waals surface area contributed by atoms with Gasteiger partial charge in [-0.2, -0.15) is 0 Å². The molecule has 8 heteroatoms. The van der Waals surface area contributed by atoms with Gasteiger partial charge in [0.05, 0.1) is 10.8 Å². The zero-order chi connectivity index (χ0) is 21.1. The van der Waals surface area contributed by atoms with Crippen LogP contribution in [0.1, 0.15) is 46.6 Å². The fourth-order valence-electron chi connectivity index (χ4n) is 5.76. The average molecular weight is 463 g/mol. The van der Waals surface area contributed by atoms with Crippen molar-refractivity contribution in [2.45, 2.75) is 51.4 Å². The molecule has 5 heterocycles. The molecule has 0 N–H and O–H groups in total. The fraction of sp³-hybridized carbons (Fsp3) is 0.500. The molecule has 4 aromatic rings. The number of fused-ring (bicyclic) bond motifs is 6. The molecule has 1 fully saturated rings. The van der Waals surface area contributed by atoms with E-state index in [1.807, 2.05) is 22.7 Å². The minimum Gasteiger partial charge on any atom is -0.352 e. The van der Waals surface area contributed by atoms with E-state index in [1.165, 1.54) is 92.7 Å². The van der Waals surface area contributed by atoms with Gasteiger partial charge in [-0.25, -0.2) is 19.9 Å². The van der Waals surface area contributed by atoms with Gasteiger partial charge < -0.3 is 9.80 Å². The zero-order valence-electron chi connectivity index (χ0n) is 18.1. The van der Waals surface area contributed by atoms with Crippen molar-refractivity contribution >= 4 is 54.7 Å². The highest BCUT2D eigenvalue weighted by molar-refractivity contribution is 7.19. The van der Waals surface area contributed by atoms with Crippen molar-refractivity contribution in [2.24, 2.45) is 0 Å². The SMILES string of the molecule is c1nc(N2CCN(c3ncnc4sc5c(c34)CCCC5)CC2)c2c3c(sc2n1)CCCC3. The van der Waals surface area contributed by atoms with E-state index in [2.05, 4.69) is 19.8 Å². The summed E-state index contributed by atoms with van der Waals surface area (Å²) in [4.78, 5) is 29.2. The Hall–Kier alpha value is -2.32. The van der Waals surface area contributed by atoms with E-state index < -0.39 is 0 Å². The first-order chi connectivity index (χ1) is 15.9. The molecule has 164 valence electrons. The van der Waals surface area contributed by atoms with Gasteiger partial charge in [-0.05, 0) is 62.5 Å². The van der Waals surface area contributed by atoms with Crippen LogP contribution in [0.15, 0.2) is 12.7 Å². The Balaban J connectivity index is 1.20. The zero-order valence-corrected chi connectivity index (χ0v) is 19.8. The summed E-state index contributed by atoms with van der Waals surface area (Å²) >= 11 is 3.77. The predicted octanol–water partition coefficient (Wildman–Crippen LogP) is 4.78. The predicted molar refractivity (Wildman–Crippen MR) is 133 cm³/mol. The number of anilines is 2. The van der Waals surface area contributed by atoms with Crippen LogP contribution in [0.2, 0.25) is 0 Å². The Morgan fingerprint density at radius 1 is 0.562 bits per heavy atom. The van der Waals surface area contributed by atoms with E-state index in [0.29, 0.717) is 0 Å². The quantitative estimate of drug-likeness (QED) is 0.427. The summed E-state index contributed by atoms with van der Waals surface area (Å²) in [5, 5.41) is 2.66. The largest absolute Gasteiger partial charge is 0.352 e. The van der Waals surface area contributed by atoms with E-state index in [4.69, 9.17) is 9.97 Å². The third-order valence-electron chi connectivity index (χ3n) is 7.34. The number of aryl methyl sites for hydroxylation is 4. The first-order valence-corrected chi connectivity index (χ1v) is 13.5. The number of hydrogen-bond acceptors (Lipinski definition) is 8. The van der Waals surface area contributed by atoms with Crippen molar-refractivity contribution < 1.29 is 0 Å². The van der Waals surface area contributed by atoms with Crippen LogP contribution in [0.25, 0.3) is 20.4 Å². The third-order valence-corrected chi connectivity index (χ3v) is 9.74. The van der Waals surface area contributed by atoms with Crippen LogP contribution in [-0.4, -0.2) is 46.1 Å². The summed E-state index contributed by atoms with van der Waals surface area (Å²) in [5.74, 6) is 2.30. The second kappa shape index (κ2) is 7.63. The summed E-state index contributed by atoms with van der Waals surface area (Å²) in [7, 11) is 0. The maximum absolute atomic E-state index is 4.79. The van der Waals surface area contributed by atoms with Crippen LogP contribution in [0, 0.1) is 0 Å². The van der Waals surface area contributed by atoms with Gasteiger partial charge >= 0.3 is 0 Å². The van der Waals surface area contributed by atoms with E-state index in [1.54, 1.807) is 12.7 Å². The molecule has 0 saturated carbocycles. The molecular formula is C24H26N6S2. The minimum atomic E-state index is 0.967. The molecule has 0 spiro atoms. The van der Waals surface area contributed by atoms with Crippen molar-refractivity contribution in [3.8, 4) is 0 Å². The van der Waals surface area contributed by atoms with Crippen molar-refractivity contribution in [2.75, 3.05) is 36.0 Å². The summed E-state index contributed by atoms with van der Waals surface area (Å²) in [6.45, 7) is 3.87. The van der Waals surface area contributed by atoms with Crippen LogP contribution >= 0.6 is 22.7 Å². The highest BCUT2D eigenvalue weighted by Crippen LogP contribution is 2.41.